The van der Waals surface area contributed by atoms with Gasteiger partial charge in [-0.05, 0) is 27.2 Å². The lowest BCUT2D eigenvalue weighted by molar-refractivity contribution is 0.373. The smallest absolute Gasteiger partial charge is 0.245 e. The zero-order chi connectivity index (χ0) is 11.6. The normalized spacial score (nSPS) is 21.4. The van der Waals surface area contributed by atoms with E-state index in [-0.39, 0.29) is 5.54 Å². The Morgan fingerprint density at radius 2 is 2.19 bits per heavy atom. The van der Waals surface area contributed by atoms with E-state index in [1.807, 2.05) is 0 Å². The molecule has 1 aliphatic rings. The summed E-state index contributed by atoms with van der Waals surface area (Å²) in [4.78, 5) is 6.39. The fourth-order valence-electron chi connectivity index (χ4n) is 2.06. The van der Waals surface area contributed by atoms with Crippen LogP contribution in [-0.4, -0.2) is 39.9 Å². The summed E-state index contributed by atoms with van der Waals surface area (Å²) in [6.45, 7) is 8.53. The third-order valence-electron chi connectivity index (χ3n) is 2.58. The van der Waals surface area contributed by atoms with Crippen molar-refractivity contribution in [1.29, 1.82) is 0 Å². The maximum Gasteiger partial charge on any atom is 0.245 e. The van der Waals surface area contributed by atoms with Crippen molar-refractivity contribution in [3.8, 4) is 0 Å². The Kier molecular flexibility index (Phi) is 3.05. The van der Waals surface area contributed by atoms with Gasteiger partial charge in [-0.3, -0.25) is 0 Å². The van der Waals surface area contributed by atoms with E-state index in [9.17, 15) is 0 Å². The third-order valence-corrected chi connectivity index (χ3v) is 2.58. The molecule has 1 atom stereocenters. The van der Waals surface area contributed by atoms with Gasteiger partial charge in [-0.2, -0.15) is 5.10 Å². The van der Waals surface area contributed by atoms with Crippen LogP contribution in [0, 0.1) is 0 Å². The quantitative estimate of drug-likeness (QED) is 0.802. The van der Waals surface area contributed by atoms with Crippen molar-refractivity contribution in [2.45, 2.75) is 38.8 Å². The molecule has 0 amide bonds. The Morgan fingerprint density at radius 3 is 2.81 bits per heavy atom. The Labute approximate surface area is 96.3 Å². The van der Waals surface area contributed by atoms with Gasteiger partial charge in [-0.25, -0.2) is 4.98 Å². The molecule has 1 fully saturated rings. The maximum absolute atomic E-state index is 4.22. The van der Waals surface area contributed by atoms with Gasteiger partial charge < -0.3 is 10.2 Å². The van der Waals surface area contributed by atoms with Crippen LogP contribution in [-0.2, 0) is 0 Å². The van der Waals surface area contributed by atoms with Crippen LogP contribution in [0.5, 0.6) is 0 Å². The molecule has 5 nitrogen and oxygen atoms in total. The van der Waals surface area contributed by atoms with E-state index in [1.165, 1.54) is 0 Å². The molecule has 0 aliphatic carbocycles. The standard InChI is InChI=1S/C11H19N5/c1-11(2,3)14-9-4-7-16(8-9)10-12-5-6-13-15-10/h5-6,9,14H,4,7-8H2,1-3H3/t9-/m0/s1. The minimum atomic E-state index is 0.163. The van der Waals surface area contributed by atoms with Crippen LogP contribution >= 0.6 is 0 Å². The van der Waals surface area contributed by atoms with E-state index in [2.05, 4.69) is 46.2 Å². The molecule has 0 bridgehead atoms. The molecule has 1 saturated heterocycles. The van der Waals surface area contributed by atoms with E-state index in [0.717, 1.165) is 25.5 Å². The third kappa shape index (κ3) is 2.88. The molecule has 1 N–H and O–H groups in total. The van der Waals surface area contributed by atoms with Gasteiger partial charge in [0.1, 0.15) is 0 Å². The Morgan fingerprint density at radius 1 is 1.38 bits per heavy atom. The number of nitrogens with zero attached hydrogens (tertiary/aromatic N) is 4. The summed E-state index contributed by atoms with van der Waals surface area (Å²) in [5, 5.41) is 11.5. The molecule has 0 spiro atoms. The second-order valence-corrected chi connectivity index (χ2v) is 5.27. The van der Waals surface area contributed by atoms with Gasteiger partial charge in [-0.1, -0.05) is 0 Å². The highest BCUT2D eigenvalue weighted by atomic mass is 15.3. The van der Waals surface area contributed by atoms with Crippen molar-refractivity contribution in [2.75, 3.05) is 18.0 Å². The summed E-state index contributed by atoms with van der Waals surface area (Å²) in [7, 11) is 0. The van der Waals surface area contributed by atoms with Crippen molar-refractivity contribution in [3.05, 3.63) is 12.4 Å². The van der Waals surface area contributed by atoms with E-state index < -0.39 is 0 Å². The molecule has 0 aromatic carbocycles. The predicted molar refractivity (Wildman–Crippen MR) is 63.3 cm³/mol. The average molecular weight is 221 g/mol. The van der Waals surface area contributed by atoms with Crippen molar-refractivity contribution in [3.63, 3.8) is 0 Å². The molecule has 16 heavy (non-hydrogen) atoms. The molecular formula is C11H19N5. The largest absolute Gasteiger partial charge is 0.338 e. The lowest BCUT2D eigenvalue weighted by Crippen LogP contribution is -2.45. The van der Waals surface area contributed by atoms with Crippen LogP contribution in [0.2, 0.25) is 0 Å². The fraction of sp³-hybridized carbons (Fsp3) is 0.727. The highest BCUT2D eigenvalue weighted by Crippen LogP contribution is 2.16. The first-order chi connectivity index (χ1) is 7.54. The predicted octanol–water partition coefficient (Wildman–Crippen LogP) is 0.838. The molecule has 1 aromatic rings. The van der Waals surface area contributed by atoms with Crippen LogP contribution in [0.4, 0.5) is 5.95 Å². The first-order valence-corrected chi connectivity index (χ1v) is 5.71. The molecule has 88 valence electrons. The number of hydrogen-bond donors (Lipinski definition) is 1. The molecule has 2 rings (SSSR count). The zero-order valence-electron chi connectivity index (χ0n) is 10.1. The molecule has 2 heterocycles. The topological polar surface area (TPSA) is 53.9 Å². The van der Waals surface area contributed by atoms with E-state index in [0.29, 0.717) is 6.04 Å². The lowest BCUT2D eigenvalue weighted by Gasteiger charge is -2.25. The molecular weight excluding hydrogens is 202 g/mol. The minimum absolute atomic E-state index is 0.163. The van der Waals surface area contributed by atoms with Gasteiger partial charge in [0.2, 0.25) is 5.95 Å². The second-order valence-electron chi connectivity index (χ2n) is 5.27. The van der Waals surface area contributed by atoms with Crippen LogP contribution in [0.1, 0.15) is 27.2 Å². The summed E-state index contributed by atoms with van der Waals surface area (Å²) in [6.07, 6.45) is 4.42. The number of hydrogen-bond acceptors (Lipinski definition) is 5. The van der Waals surface area contributed by atoms with Gasteiger partial charge in [0.15, 0.2) is 0 Å². The molecule has 0 saturated carbocycles. The van der Waals surface area contributed by atoms with Crippen LogP contribution in [0.3, 0.4) is 0 Å². The Balaban J connectivity index is 1.94. The van der Waals surface area contributed by atoms with E-state index in [4.69, 9.17) is 0 Å². The number of aromatic nitrogens is 3. The highest BCUT2D eigenvalue weighted by molar-refractivity contribution is 5.29. The molecule has 1 aliphatic heterocycles. The maximum atomic E-state index is 4.22. The summed E-state index contributed by atoms with van der Waals surface area (Å²) >= 11 is 0. The first-order valence-electron chi connectivity index (χ1n) is 5.71. The zero-order valence-corrected chi connectivity index (χ0v) is 10.1. The number of nitrogens with one attached hydrogen (secondary N) is 1. The lowest BCUT2D eigenvalue weighted by atomic mass is 10.1. The minimum Gasteiger partial charge on any atom is -0.338 e. The summed E-state index contributed by atoms with van der Waals surface area (Å²) in [6, 6.07) is 0.517. The monoisotopic (exact) mass is 221 g/mol. The van der Waals surface area contributed by atoms with Crippen molar-refractivity contribution in [1.82, 2.24) is 20.5 Å². The van der Waals surface area contributed by atoms with Gasteiger partial charge >= 0.3 is 0 Å². The first kappa shape index (κ1) is 11.3. The molecule has 5 heteroatoms. The van der Waals surface area contributed by atoms with Gasteiger partial charge in [-0.15, -0.1) is 5.10 Å². The summed E-state index contributed by atoms with van der Waals surface area (Å²) in [5.41, 5.74) is 0.163. The summed E-state index contributed by atoms with van der Waals surface area (Å²) in [5.74, 6) is 0.737. The molecule has 0 unspecified atom stereocenters. The molecule has 1 aromatic heterocycles. The molecule has 0 radical (unpaired) electrons. The Bertz CT molecular complexity index is 332. The average Bonchev–Trinajstić information content (AvgIpc) is 2.65. The van der Waals surface area contributed by atoms with Gasteiger partial charge in [0.25, 0.3) is 0 Å². The van der Waals surface area contributed by atoms with Crippen LogP contribution < -0.4 is 10.2 Å². The van der Waals surface area contributed by atoms with Crippen molar-refractivity contribution >= 4 is 5.95 Å². The number of rotatable bonds is 2. The highest BCUT2D eigenvalue weighted by Gasteiger charge is 2.27. The van der Waals surface area contributed by atoms with Gasteiger partial charge in [0.05, 0.1) is 12.4 Å². The fourth-order valence-corrected chi connectivity index (χ4v) is 2.06. The van der Waals surface area contributed by atoms with E-state index >= 15 is 0 Å². The van der Waals surface area contributed by atoms with Crippen molar-refractivity contribution in [2.24, 2.45) is 0 Å². The summed E-state index contributed by atoms with van der Waals surface area (Å²) < 4.78 is 0. The van der Waals surface area contributed by atoms with Crippen molar-refractivity contribution < 1.29 is 0 Å². The van der Waals surface area contributed by atoms with Crippen LogP contribution in [0.15, 0.2) is 12.4 Å². The SMILES string of the molecule is CC(C)(C)N[C@H]1CCN(c2nccnn2)C1. The number of anilines is 1. The van der Waals surface area contributed by atoms with Crippen LogP contribution in [0.25, 0.3) is 0 Å². The Hall–Kier alpha value is -1.23. The van der Waals surface area contributed by atoms with Gasteiger partial charge in [0, 0.05) is 24.7 Å². The van der Waals surface area contributed by atoms with E-state index in [1.54, 1.807) is 12.4 Å². The second kappa shape index (κ2) is 4.33.